The van der Waals surface area contributed by atoms with E-state index in [1.54, 1.807) is 12.3 Å². The van der Waals surface area contributed by atoms with E-state index >= 15 is 0 Å². The van der Waals surface area contributed by atoms with Crippen molar-refractivity contribution >= 4 is 0 Å². The fraction of sp³-hybridized carbons (Fsp3) is 0.615. The van der Waals surface area contributed by atoms with Crippen LogP contribution in [-0.4, -0.2) is 23.8 Å². The van der Waals surface area contributed by atoms with Crippen LogP contribution in [-0.2, 0) is 6.54 Å². The SMILES string of the molecule is CCCC(C)NCc1ncccc1OCC(F)(F)F. The third-order valence-electron chi connectivity index (χ3n) is 2.58. The van der Waals surface area contributed by atoms with E-state index < -0.39 is 12.8 Å². The van der Waals surface area contributed by atoms with E-state index in [1.807, 2.05) is 6.92 Å². The first kappa shape index (κ1) is 15.8. The van der Waals surface area contributed by atoms with Crippen LogP contribution in [0.4, 0.5) is 13.2 Å². The summed E-state index contributed by atoms with van der Waals surface area (Å²) < 4.78 is 41.1. The van der Waals surface area contributed by atoms with Gasteiger partial charge in [-0.05, 0) is 25.5 Å². The number of pyridine rings is 1. The van der Waals surface area contributed by atoms with Crippen molar-refractivity contribution in [3.63, 3.8) is 0 Å². The van der Waals surface area contributed by atoms with Crippen LogP contribution in [0.25, 0.3) is 0 Å². The van der Waals surface area contributed by atoms with Crippen molar-refractivity contribution in [3.05, 3.63) is 24.0 Å². The summed E-state index contributed by atoms with van der Waals surface area (Å²) in [5, 5.41) is 3.21. The number of halogens is 3. The second-order valence-electron chi connectivity index (χ2n) is 4.42. The van der Waals surface area contributed by atoms with E-state index in [-0.39, 0.29) is 5.75 Å². The molecular formula is C13H19F3N2O. The highest BCUT2D eigenvalue weighted by atomic mass is 19.4. The molecule has 0 saturated carbocycles. The Balaban J connectivity index is 2.57. The van der Waals surface area contributed by atoms with E-state index in [0.717, 1.165) is 12.8 Å². The number of aromatic nitrogens is 1. The van der Waals surface area contributed by atoms with Crippen LogP contribution in [0.1, 0.15) is 32.4 Å². The van der Waals surface area contributed by atoms with Crippen molar-refractivity contribution in [3.8, 4) is 5.75 Å². The van der Waals surface area contributed by atoms with Gasteiger partial charge in [-0.1, -0.05) is 13.3 Å². The number of nitrogens with zero attached hydrogens (tertiary/aromatic N) is 1. The van der Waals surface area contributed by atoms with Gasteiger partial charge in [0, 0.05) is 18.8 Å². The largest absolute Gasteiger partial charge is 0.482 e. The van der Waals surface area contributed by atoms with Gasteiger partial charge in [0.2, 0.25) is 0 Å². The Hall–Kier alpha value is -1.30. The van der Waals surface area contributed by atoms with Gasteiger partial charge in [-0.25, -0.2) is 0 Å². The molecule has 1 N–H and O–H groups in total. The lowest BCUT2D eigenvalue weighted by Gasteiger charge is -2.15. The molecule has 1 unspecified atom stereocenters. The first-order valence-electron chi connectivity index (χ1n) is 6.29. The molecule has 3 nitrogen and oxygen atoms in total. The fourth-order valence-corrected chi connectivity index (χ4v) is 1.65. The first-order chi connectivity index (χ1) is 8.92. The lowest BCUT2D eigenvalue weighted by atomic mass is 10.2. The third kappa shape index (κ3) is 6.42. The fourth-order valence-electron chi connectivity index (χ4n) is 1.65. The molecule has 0 aliphatic rings. The topological polar surface area (TPSA) is 34.2 Å². The molecule has 0 radical (unpaired) electrons. The molecule has 6 heteroatoms. The highest BCUT2D eigenvalue weighted by molar-refractivity contribution is 5.26. The molecule has 0 aromatic carbocycles. The minimum absolute atomic E-state index is 0.177. The van der Waals surface area contributed by atoms with E-state index in [9.17, 15) is 13.2 Å². The van der Waals surface area contributed by atoms with Gasteiger partial charge in [0.15, 0.2) is 6.61 Å². The van der Waals surface area contributed by atoms with Crippen molar-refractivity contribution in [2.75, 3.05) is 6.61 Å². The van der Waals surface area contributed by atoms with Crippen LogP contribution in [0, 0.1) is 0 Å². The number of nitrogens with one attached hydrogen (secondary N) is 1. The van der Waals surface area contributed by atoms with Gasteiger partial charge in [0.25, 0.3) is 0 Å². The zero-order valence-electron chi connectivity index (χ0n) is 11.1. The molecule has 19 heavy (non-hydrogen) atoms. The van der Waals surface area contributed by atoms with Crippen LogP contribution in [0.15, 0.2) is 18.3 Å². The average molecular weight is 276 g/mol. The summed E-state index contributed by atoms with van der Waals surface area (Å²) in [5.74, 6) is 0.177. The van der Waals surface area contributed by atoms with Crippen molar-refractivity contribution in [2.45, 2.75) is 45.5 Å². The minimum Gasteiger partial charge on any atom is -0.482 e. The highest BCUT2D eigenvalue weighted by Crippen LogP contribution is 2.20. The lowest BCUT2D eigenvalue weighted by molar-refractivity contribution is -0.153. The quantitative estimate of drug-likeness (QED) is 0.829. The van der Waals surface area contributed by atoms with Crippen molar-refractivity contribution in [1.82, 2.24) is 10.3 Å². The van der Waals surface area contributed by atoms with Crippen molar-refractivity contribution in [1.29, 1.82) is 0 Å². The van der Waals surface area contributed by atoms with E-state index in [1.165, 1.54) is 6.07 Å². The number of rotatable bonds is 7. The minimum atomic E-state index is -4.34. The van der Waals surface area contributed by atoms with E-state index in [2.05, 4.69) is 17.2 Å². The van der Waals surface area contributed by atoms with Gasteiger partial charge in [-0.2, -0.15) is 13.2 Å². The Kier molecular flexibility index (Phi) is 6.08. The zero-order valence-corrected chi connectivity index (χ0v) is 11.1. The molecule has 1 heterocycles. The summed E-state index contributed by atoms with van der Waals surface area (Å²) >= 11 is 0. The van der Waals surface area contributed by atoms with Gasteiger partial charge < -0.3 is 10.1 Å². The van der Waals surface area contributed by atoms with Crippen molar-refractivity contribution < 1.29 is 17.9 Å². The van der Waals surface area contributed by atoms with Crippen LogP contribution >= 0.6 is 0 Å². The van der Waals surface area contributed by atoms with Crippen LogP contribution < -0.4 is 10.1 Å². The molecule has 0 saturated heterocycles. The number of hydrogen-bond acceptors (Lipinski definition) is 3. The molecule has 0 spiro atoms. The Morgan fingerprint density at radius 2 is 2.16 bits per heavy atom. The summed E-state index contributed by atoms with van der Waals surface area (Å²) in [6, 6.07) is 3.35. The predicted molar refractivity (Wildman–Crippen MR) is 67.0 cm³/mol. The molecule has 1 aromatic heterocycles. The molecule has 1 atom stereocenters. The maximum absolute atomic E-state index is 12.1. The third-order valence-corrected chi connectivity index (χ3v) is 2.58. The Bertz CT molecular complexity index is 382. The van der Waals surface area contributed by atoms with Crippen LogP contribution in [0.5, 0.6) is 5.75 Å². The van der Waals surface area contributed by atoms with Crippen molar-refractivity contribution in [2.24, 2.45) is 0 Å². The molecule has 0 aliphatic carbocycles. The Morgan fingerprint density at radius 3 is 2.79 bits per heavy atom. The number of alkyl halides is 3. The molecular weight excluding hydrogens is 257 g/mol. The molecule has 1 rings (SSSR count). The monoisotopic (exact) mass is 276 g/mol. The van der Waals surface area contributed by atoms with E-state index in [4.69, 9.17) is 4.74 Å². The number of ether oxygens (including phenoxy) is 1. The van der Waals surface area contributed by atoms with Crippen LogP contribution in [0.2, 0.25) is 0 Å². The van der Waals surface area contributed by atoms with Gasteiger partial charge in [0.1, 0.15) is 5.75 Å². The maximum Gasteiger partial charge on any atom is 0.422 e. The molecule has 0 aliphatic heterocycles. The smallest absolute Gasteiger partial charge is 0.422 e. The zero-order chi connectivity index (χ0) is 14.3. The maximum atomic E-state index is 12.1. The summed E-state index contributed by atoms with van der Waals surface area (Å²) in [6.07, 6.45) is -0.739. The van der Waals surface area contributed by atoms with Crippen LogP contribution in [0.3, 0.4) is 0 Å². The average Bonchev–Trinajstić information content (AvgIpc) is 2.34. The summed E-state index contributed by atoms with van der Waals surface area (Å²) in [5.41, 5.74) is 0.495. The first-order valence-corrected chi connectivity index (χ1v) is 6.29. The number of hydrogen-bond donors (Lipinski definition) is 1. The van der Waals surface area contributed by atoms with Gasteiger partial charge >= 0.3 is 6.18 Å². The predicted octanol–water partition coefficient (Wildman–Crippen LogP) is 3.30. The molecule has 1 aromatic rings. The Labute approximate surface area is 111 Å². The molecule has 0 bridgehead atoms. The highest BCUT2D eigenvalue weighted by Gasteiger charge is 2.28. The lowest BCUT2D eigenvalue weighted by Crippen LogP contribution is -2.26. The normalized spacial score (nSPS) is 13.3. The molecule has 0 amide bonds. The summed E-state index contributed by atoms with van der Waals surface area (Å²) in [6.45, 7) is 3.21. The summed E-state index contributed by atoms with van der Waals surface area (Å²) in [4.78, 5) is 4.06. The standard InChI is InChI=1S/C13H19F3N2O/c1-3-5-10(2)18-8-11-12(6-4-7-17-11)19-9-13(14,15)16/h4,6-7,10,18H,3,5,8-9H2,1-2H3. The molecule has 0 fully saturated rings. The van der Waals surface area contributed by atoms with Gasteiger partial charge in [0.05, 0.1) is 5.69 Å². The Morgan fingerprint density at radius 1 is 1.42 bits per heavy atom. The second-order valence-corrected chi connectivity index (χ2v) is 4.42. The molecule has 108 valence electrons. The summed E-state index contributed by atoms with van der Waals surface area (Å²) in [7, 11) is 0. The van der Waals surface area contributed by atoms with E-state index in [0.29, 0.717) is 18.3 Å². The van der Waals surface area contributed by atoms with Gasteiger partial charge in [-0.3, -0.25) is 4.98 Å². The van der Waals surface area contributed by atoms with Gasteiger partial charge in [-0.15, -0.1) is 0 Å². The second kappa shape index (κ2) is 7.33.